The number of hydrogen-bond acceptors (Lipinski definition) is 7. The van der Waals surface area contributed by atoms with Crippen LogP contribution in [0.3, 0.4) is 0 Å². The summed E-state index contributed by atoms with van der Waals surface area (Å²) in [6.07, 6.45) is 0. The molecular weight excluding hydrogens is 508 g/mol. The molecule has 0 amide bonds. The number of nitrogens with one attached hydrogen (secondary N) is 1. The molecule has 8 heteroatoms. The Bertz CT molecular complexity index is 1420. The summed E-state index contributed by atoms with van der Waals surface area (Å²) >= 11 is 0. The van der Waals surface area contributed by atoms with Gasteiger partial charge in [0.25, 0.3) is 5.69 Å². The monoisotopic (exact) mass is 544 g/mol. The second kappa shape index (κ2) is 16.3. The van der Waals surface area contributed by atoms with Crippen LogP contribution in [0.25, 0.3) is 0 Å². The lowest BCUT2D eigenvalue weighted by Crippen LogP contribution is -2.04. The average molecular weight is 545 g/mol. The number of benzene rings is 4. The summed E-state index contributed by atoms with van der Waals surface area (Å²) in [6, 6.07) is 26.9. The molecule has 40 heavy (non-hydrogen) atoms. The quantitative estimate of drug-likeness (QED) is 0.109. The molecule has 8 nitrogen and oxygen atoms in total. The zero-order valence-corrected chi connectivity index (χ0v) is 22.6. The van der Waals surface area contributed by atoms with Gasteiger partial charge in [0.2, 0.25) is 0 Å². The molecule has 0 aromatic heterocycles. The third kappa shape index (κ3) is 10.2. The lowest BCUT2D eigenvalue weighted by Gasteiger charge is -2.05. The van der Waals surface area contributed by atoms with Crippen molar-refractivity contribution in [3.05, 3.63) is 140 Å². The molecule has 0 saturated heterocycles. The van der Waals surface area contributed by atoms with E-state index in [1.807, 2.05) is 44.2 Å². The standard InChI is InChI=1S/C15H13NO3.C9H11NO3.C7H8.CH4/c1-10-3-6-12(7-4-10)15(17)14-9-13(16(18)19)8-5-11(14)2;1-6-3-4-8(10-13-12)5-9(6)7(2)11;1-7-5-3-2-4-6-7;/h3-9H,1-2H3;3-5,10,12H,1-2H3;2-6H,1H3;1H4. The van der Waals surface area contributed by atoms with Crippen molar-refractivity contribution in [1.29, 1.82) is 0 Å². The van der Waals surface area contributed by atoms with Gasteiger partial charge >= 0.3 is 0 Å². The van der Waals surface area contributed by atoms with E-state index in [-0.39, 0.29) is 24.7 Å². The summed E-state index contributed by atoms with van der Waals surface area (Å²) in [7, 11) is 0. The Labute approximate surface area is 235 Å². The Kier molecular flexibility index (Phi) is 13.6. The molecule has 4 aromatic carbocycles. The molecule has 4 rings (SSSR count). The van der Waals surface area contributed by atoms with Gasteiger partial charge in [0, 0.05) is 28.8 Å². The fraction of sp³-hybridized carbons (Fsp3) is 0.188. The van der Waals surface area contributed by atoms with Crippen LogP contribution < -0.4 is 5.48 Å². The predicted octanol–water partition coefficient (Wildman–Crippen LogP) is 8.09. The smallest absolute Gasteiger partial charge is 0.270 e. The highest BCUT2D eigenvalue weighted by Crippen LogP contribution is 2.21. The van der Waals surface area contributed by atoms with Crippen molar-refractivity contribution >= 4 is 22.9 Å². The number of nitro benzene ring substituents is 1. The van der Waals surface area contributed by atoms with Crippen molar-refractivity contribution in [2.24, 2.45) is 0 Å². The maximum absolute atomic E-state index is 12.3. The van der Waals surface area contributed by atoms with Crippen molar-refractivity contribution in [2.45, 2.75) is 42.0 Å². The third-order valence-electron chi connectivity index (χ3n) is 5.71. The molecule has 0 radical (unpaired) electrons. The van der Waals surface area contributed by atoms with E-state index in [0.717, 1.165) is 16.7 Å². The van der Waals surface area contributed by atoms with Crippen molar-refractivity contribution in [2.75, 3.05) is 5.48 Å². The fourth-order valence-electron chi connectivity index (χ4n) is 3.48. The highest BCUT2D eigenvalue weighted by atomic mass is 17.2. The molecule has 0 aliphatic heterocycles. The van der Waals surface area contributed by atoms with Gasteiger partial charge < -0.3 is 0 Å². The zero-order chi connectivity index (χ0) is 28.9. The Morgan fingerprint density at radius 2 is 1.32 bits per heavy atom. The summed E-state index contributed by atoms with van der Waals surface area (Å²) in [6.45, 7) is 9.13. The second-order valence-corrected chi connectivity index (χ2v) is 8.89. The van der Waals surface area contributed by atoms with Crippen LogP contribution in [-0.4, -0.2) is 21.7 Å². The number of rotatable bonds is 6. The lowest BCUT2D eigenvalue weighted by atomic mass is 9.98. The molecule has 4 aromatic rings. The van der Waals surface area contributed by atoms with Gasteiger partial charge in [-0.15, -0.1) is 4.99 Å². The minimum absolute atomic E-state index is 0. The van der Waals surface area contributed by atoms with Gasteiger partial charge in [-0.25, -0.2) is 10.7 Å². The first-order valence-corrected chi connectivity index (χ1v) is 12.1. The molecule has 0 unspecified atom stereocenters. The van der Waals surface area contributed by atoms with E-state index in [1.165, 1.54) is 24.6 Å². The van der Waals surface area contributed by atoms with E-state index in [0.29, 0.717) is 22.4 Å². The SMILES string of the molecule is C.CC(=O)c1cc(NOO)ccc1C.Cc1ccc(C(=O)c2cc([N+](=O)[O-])ccc2C)cc1.Cc1ccccc1. The predicted molar refractivity (Wildman–Crippen MR) is 159 cm³/mol. The second-order valence-electron chi connectivity index (χ2n) is 8.89. The number of hydrogen-bond donors (Lipinski definition) is 2. The number of aryl methyl sites for hydroxylation is 4. The van der Waals surface area contributed by atoms with E-state index in [2.05, 4.69) is 29.5 Å². The zero-order valence-electron chi connectivity index (χ0n) is 22.6. The summed E-state index contributed by atoms with van der Waals surface area (Å²) in [5.74, 6) is -0.208. The van der Waals surface area contributed by atoms with E-state index >= 15 is 0 Å². The summed E-state index contributed by atoms with van der Waals surface area (Å²) < 4.78 is 0. The van der Waals surface area contributed by atoms with Crippen molar-refractivity contribution in [3.63, 3.8) is 0 Å². The van der Waals surface area contributed by atoms with Gasteiger partial charge in [-0.05, 0) is 57.9 Å². The fourth-order valence-corrected chi connectivity index (χ4v) is 3.48. The van der Waals surface area contributed by atoms with E-state index in [4.69, 9.17) is 5.26 Å². The molecule has 0 aliphatic rings. The van der Waals surface area contributed by atoms with E-state index in [1.54, 1.807) is 43.3 Å². The van der Waals surface area contributed by atoms with Gasteiger partial charge in [-0.3, -0.25) is 19.7 Å². The van der Waals surface area contributed by atoms with E-state index < -0.39 is 4.92 Å². The highest BCUT2D eigenvalue weighted by Gasteiger charge is 2.16. The molecule has 210 valence electrons. The van der Waals surface area contributed by atoms with Crippen LogP contribution in [0, 0.1) is 37.8 Å². The van der Waals surface area contributed by atoms with Gasteiger partial charge in [-0.2, -0.15) is 0 Å². The van der Waals surface area contributed by atoms with Gasteiger partial charge in [0.05, 0.1) is 10.6 Å². The maximum atomic E-state index is 12.3. The Morgan fingerprint density at radius 1 is 0.775 bits per heavy atom. The molecule has 0 aliphatic carbocycles. The summed E-state index contributed by atoms with van der Waals surface area (Å²) in [5.41, 5.74) is 8.24. The van der Waals surface area contributed by atoms with Crippen molar-refractivity contribution in [1.82, 2.24) is 0 Å². The number of carbonyl (C=O) groups is 2. The third-order valence-corrected chi connectivity index (χ3v) is 5.71. The number of carbonyl (C=O) groups excluding carboxylic acids is 2. The first kappa shape index (κ1) is 33.4. The number of nitro groups is 1. The molecule has 0 fully saturated rings. The van der Waals surface area contributed by atoms with E-state index in [9.17, 15) is 19.7 Å². The molecule has 0 heterocycles. The highest BCUT2D eigenvalue weighted by molar-refractivity contribution is 6.10. The summed E-state index contributed by atoms with van der Waals surface area (Å²) in [5, 5.41) is 18.9. The number of nitrogens with zero attached hydrogens (tertiary/aromatic N) is 1. The van der Waals surface area contributed by atoms with Crippen molar-refractivity contribution < 1.29 is 24.8 Å². The normalized spacial score (nSPS) is 9.55. The van der Waals surface area contributed by atoms with Gasteiger partial charge in [0.1, 0.15) is 0 Å². The molecule has 0 spiro atoms. The summed E-state index contributed by atoms with van der Waals surface area (Å²) in [4.78, 5) is 37.4. The van der Waals surface area contributed by atoms with Crippen molar-refractivity contribution in [3.8, 4) is 0 Å². The van der Waals surface area contributed by atoms with Crippen LogP contribution in [-0.2, 0) is 4.99 Å². The Hall–Kier alpha value is -4.66. The van der Waals surface area contributed by atoms with Crippen LogP contribution in [0.4, 0.5) is 11.4 Å². The molecule has 0 bridgehead atoms. The molecule has 2 N–H and O–H groups in total. The minimum Gasteiger partial charge on any atom is -0.294 e. The first-order chi connectivity index (χ1) is 18.5. The van der Waals surface area contributed by atoms with Crippen LogP contribution in [0.2, 0.25) is 0 Å². The molecule has 0 atom stereocenters. The largest absolute Gasteiger partial charge is 0.294 e. The van der Waals surface area contributed by atoms with Crippen LogP contribution >= 0.6 is 0 Å². The number of non-ortho nitro benzene ring substituents is 1. The average Bonchev–Trinajstić information content (AvgIpc) is 2.91. The molecular formula is C32H36N2O6. The van der Waals surface area contributed by atoms with Gasteiger partial charge in [-0.1, -0.05) is 85.3 Å². The van der Waals surface area contributed by atoms with Crippen LogP contribution in [0.5, 0.6) is 0 Å². The van der Waals surface area contributed by atoms with Gasteiger partial charge in [0.15, 0.2) is 11.6 Å². The minimum atomic E-state index is -0.495. The Morgan fingerprint density at radius 3 is 1.82 bits per heavy atom. The topological polar surface area (TPSA) is 119 Å². The number of Topliss-reactive ketones (excluding diaryl/α,β-unsaturated/α-hetero) is 1. The number of anilines is 1. The van der Waals surface area contributed by atoms with Crippen LogP contribution in [0.15, 0.2) is 91.0 Å². The molecule has 0 saturated carbocycles. The Balaban J connectivity index is 0.000000329. The number of ketones is 2. The first-order valence-electron chi connectivity index (χ1n) is 12.1. The van der Waals surface area contributed by atoms with Crippen LogP contribution in [0.1, 0.15) is 62.9 Å². The lowest BCUT2D eigenvalue weighted by molar-refractivity contribution is -0.384. The maximum Gasteiger partial charge on any atom is 0.270 e.